The molecule has 1 saturated carbocycles. The maximum absolute atomic E-state index is 12.3. The first-order valence-electron chi connectivity index (χ1n) is 9.25. The molecule has 0 spiro atoms. The standard InChI is InChI=1S/C21H24ClN3O3/c1-13(10-14-4-3-5-17(11-14)28-2)23-21(27)25-16-8-9-19(22)18(12-16)20(26)24-15-6-7-15/h3-5,8-9,11-13,15H,6-7,10H2,1-2H3,(H,24,26)(H2,23,25,27). The van der Waals surface area contributed by atoms with Gasteiger partial charge in [0.1, 0.15) is 5.75 Å². The number of carbonyl (C=O) groups is 2. The largest absolute Gasteiger partial charge is 0.497 e. The van der Waals surface area contributed by atoms with Gasteiger partial charge in [-0.2, -0.15) is 0 Å². The molecular weight excluding hydrogens is 378 g/mol. The van der Waals surface area contributed by atoms with E-state index in [1.165, 1.54) is 0 Å². The van der Waals surface area contributed by atoms with E-state index in [1.807, 2.05) is 31.2 Å². The highest BCUT2D eigenvalue weighted by molar-refractivity contribution is 6.34. The molecule has 148 valence electrons. The van der Waals surface area contributed by atoms with Crippen molar-refractivity contribution in [3.63, 3.8) is 0 Å². The van der Waals surface area contributed by atoms with Crippen LogP contribution in [0, 0.1) is 0 Å². The van der Waals surface area contributed by atoms with Crippen LogP contribution in [0.5, 0.6) is 5.75 Å². The minimum atomic E-state index is -0.341. The quantitative estimate of drug-likeness (QED) is 0.656. The molecule has 1 aliphatic carbocycles. The number of halogens is 1. The van der Waals surface area contributed by atoms with Gasteiger partial charge in [0.05, 0.1) is 17.7 Å². The number of benzene rings is 2. The van der Waals surface area contributed by atoms with Crippen LogP contribution >= 0.6 is 11.6 Å². The molecule has 3 rings (SSSR count). The molecule has 0 aromatic heterocycles. The molecule has 3 N–H and O–H groups in total. The number of carbonyl (C=O) groups excluding carboxylic acids is 2. The molecule has 2 aromatic carbocycles. The Morgan fingerprint density at radius 3 is 2.71 bits per heavy atom. The lowest BCUT2D eigenvalue weighted by atomic mass is 10.1. The summed E-state index contributed by atoms with van der Waals surface area (Å²) in [6.07, 6.45) is 2.66. The van der Waals surface area contributed by atoms with Crippen molar-refractivity contribution in [1.82, 2.24) is 10.6 Å². The number of rotatable bonds is 7. The second-order valence-corrected chi connectivity index (χ2v) is 7.40. The molecule has 0 radical (unpaired) electrons. The third kappa shape index (κ3) is 5.63. The summed E-state index contributed by atoms with van der Waals surface area (Å²) in [6.45, 7) is 1.93. The van der Waals surface area contributed by atoms with Gasteiger partial charge in [0.15, 0.2) is 0 Å². The summed E-state index contributed by atoms with van der Waals surface area (Å²) in [4.78, 5) is 24.6. The predicted octanol–water partition coefficient (Wildman–Crippen LogP) is 3.99. The molecule has 0 aliphatic heterocycles. The topological polar surface area (TPSA) is 79.5 Å². The zero-order valence-corrected chi connectivity index (χ0v) is 16.7. The molecule has 3 amide bonds. The monoisotopic (exact) mass is 401 g/mol. The highest BCUT2D eigenvalue weighted by Gasteiger charge is 2.25. The molecule has 2 aromatic rings. The Hall–Kier alpha value is -2.73. The van der Waals surface area contributed by atoms with Crippen LogP contribution in [-0.4, -0.2) is 31.1 Å². The molecule has 1 aliphatic rings. The summed E-state index contributed by atoms with van der Waals surface area (Å²) in [6, 6.07) is 12.4. The molecule has 0 heterocycles. The summed E-state index contributed by atoms with van der Waals surface area (Å²) >= 11 is 6.13. The Balaban J connectivity index is 1.57. The minimum absolute atomic E-state index is 0.0861. The number of urea groups is 1. The maximum Gasteiger partial charge on any atom is 0.319 e. The molecule has 28 heavy (non-hydrogen) atoms. The average molecular weight is 402 g/mol. The Morgan fingerprint density at radius 2 is 2.00 bits per heavy atom. The lowest BCUT2D eigenvalue weighted by molar-refractivity contribution is 0.0951. The first-order valence-corrected chi connectivity index (χ1v) is 9.63. The van der Waals surface area contributed by atoms with Crippen LogP contribution in [-0.2, 0) is 6.42 Å². The smallest absolute Gasteiger partial charge is 0.319 e. The number of nitrogens with one attached hydrogen (secondary N) is 3. The fourth-order valence-electron chi connectivity index (χ4n) is 2.86. The van der Waals surface area contributed by atoms with Crippen molar-refractivity contribution in [3.8, 4) is 5.75 Å². The highest BCUT2D eigenvalue weighted by atomic mass is 35.5. The summed E-state index contributed by atoms with van der Waals surface area (Å²) in [5.74, 6) is 0.565. The maximum atomic E-state index is 12.3. The fourth-order valence-corrected chi connectivity index (χ4v) is 3.07. The molecule has 1 fully saturated rings. The van der Waals surface area contributed by atoms with Gasteiger partial charge in [-0.3, -0.25) is 4.79 Å². The summed E-state index contributed by atoms with van der Waals surface area (Å²) in [7, 11) is 1.62. The van der Waals surface area contributed by atoms with Crippen molar-refractivity contribution in [2.24, 2.45) is 0 Å². The van der Waals surface area contributed by atoms with E-state index in [0.717, 1.165) is 24.2 Å². The number of hydrogen-bond donors (Lipinski definition) is 3. The normalized spacial score (nSPS) is 14.1. The summed E-state index contributed by atoms with van der Waals surface area (Å²) < 4.78 is 5.22. The van der Waals surface area contributed by atoms with Crippen LogP contribution in [0.4, 0.5) is 10.5 Å². The zero-order valence-electron chi connectivity index (χ0n) is 15.9. The van der Waals surface area contributed by atoms with Gasteiger partial charge in [0.25, 0.3) is 5.91 Å². The molecule has 1 atom stereocenters. The van der Waals surface area contributed by atoms with Crippen molar-refractivity contribution < 1.29 is 14.3 Å². The number of anilines is 1. The highest BCUT2D eigenvalue weighted by Crippen LogP contribution is 2.24. The Labute approximate surface area is 169 Å². The zero-order chi connectivity index (χ0) is 20.1. The average Bonchev–Trinajstić information content (AvgIpc) is 3.47. The van der Waals surface area contributed by atoms with E-state index in [4.69, 9.17) is 16.3 Å². The van der Waals surface area contributed by atoms with Gasteiger partial charge in [0.2, 0.25) is 0 Å². The van der Waals surface area contributed by atoms with Crippen LogP contribution in [0.2, 0.25) is 5.02 Å². The van der Waals surface area contributed by atoms with Gasteiger partial charge in [-0.1, -0.05) is 23.7 Å². The molecule has 0 bridgehead atoms. The Kier molecular flexibility index (Phi) is 6.41. The Morgan fingerprint density at radius 1 is 1.21 bits per heavy atom. The second kappa shape index (κ2) is 8.97. The van der Waals surface area contributed by atoms with Crippen molar-refractivity contribution in [2.45, 2.75) is 38.3 Å². The predicted molar refractivity (Wildman–Crippen MR) is 110 cm³/mol. The van der Waals surface area contributed by atoms with E-state index in [2.05, 4.69) is 16.0 Å². The fraction of sp³-hybridized carbons (Fsp3) is 0.333. The van der Waals surface area contributed by atoms with Crippen LogP contribution in [0.15, 0.2) is 42.5 Å². The number of ether oxygens (including phenoxy) is 1. The van der Waals surface area contributed by atoms with Crippen LogP contribution in [0.1, 0.15) is 35.7 Å². The van der Waals surface area contributed by atoms with Crippen LogP contribution < -0.4 is 20.7 Å². The number of hydrogen-bond acceptors (Lipinski definition) is 3. The molecule has 1 unspecified atom stereocenters. The van der Waals surface area contributed by atoms with Crippen LogP contribution in [0.25, 0.3) is 0 Å². The summed E-state index contributed by atoms with van der Waals surface area (Å²) in [5.41, 5.74) is 1.94. The van der Waals surface area contributed by atoms with Crippen molar-refractivity contribution in [2.75, 3.05) is 12.4 Å². The van der Waals surface area contributed by atoms with Crippen molar-refractivity contribution in [3.05, 3.63) is 58.6 Å². The first-order chi connectivity index (χ1) is 13.4. The lowest BCUT2D eigenvalue weighted by Gasteiger charge is -2.16. The van der Waals surface area contributed by atoms with E-state index >= 15 is 0 Å². The van der Waals surface area contributed by atoms with Crippen molar-refractivity contribution in [1.29, 1.82) is 0 Å². The number of amides is 3. The number of methoxy groups -OCH3 is 1. The van der Waals surface area contributed by atoms with E-state index in [0.29, 0.717) is 22.7 Å². The van der Waals surface area contributed by atoms with Crippen molar-refractivity contribution >= 4 is 29.2 Å². The minimum Gasteiger partial charge on any atom is -0.497 e. The van der Waals surface area contributed by atoms with Gasteiger partial charge in [-0.05, 0) is 62.1 Å². The van der Waals surface area contributed by atoms with Gasteiger partial charge < -0.3 is 20.7 Å². The third-order valence-electron chi connectivity index (χ3n) is 4.43. The van der Waals surface area contributed by atoms with E-state index in [-0.39, 0.29) is 24.0 Å². The Bertz CT molecular complexity index is 868. The van der Waals surface area contributed by atoms with Gasteiger partial charge >= 0.3 is 6.03 Å². The van der Waals surface area contributed by atoms with Crippen LogP contribution in [0.3, 0.4) is 0 Å². The molecular formula is C21H24ClN3O3. The van der Waals surface area contributed by atoms with E-state index in [9.17, 15) is 9.59 Å². The van der Waals surface area contributed by atoms with Gasteiger partial charge in [-0.15, -0.1) is 0 Å². The van der Waals surface area contributed by atoms with E-state index in [1.54, 1.807) is 25.3 Å². The van der Waals surface area contributed by atoms with E-state index < -0.39 is 0 Å². The SMILES string of the molecule is COc1cccc(CC(C)NC(=O)Nc2ccc(Cl)c(C(=O)NC3CC3)c2)c1. The van der Waals surface area contributed by atoms with Gasteiger partial charge in [-0.25, -0.2) is 4.79 Å². The summed E-state index contributed by atoms with van der Waals surface area (Å²) in [5, 5.41) is 8.91. The second-order valence-electron chi connectivity index (χ2n) is 7.00. The molecule has 6 nitrogen and oxygen atoms in total. The molecule has 7 heteroatoms. The molecule has 0 saturated heterocycles. The lowest BCUT2D eigenvalue weighted by Crippen LogP contribution is -2.37. The third-order valence-corrected chi connectivity index (χ3v) is 4.76. The first kappa shape index (κ1) is 20.0. The van der Waals surface area contributed by atoms with Gasteiger partial charge in [0, 0.05) is 17.8 Å².